The van der Waals surface area contributed by atoms with Gasteiger partial charge in [0.15, 0.2) is 11.5 Å². The van der Waals surface area contributed by atoms with E-state index in [9.17, 15) is 14.4 Å². The van der Waals surface area contributed by atoms with Gasteiger partial charge < -0.3 is 20.9 Å². The number of benzene rings is 1. The summed E-state index contributed by atoms with van der Waals surface area (Å²) in [6.45, 7) is 0.0388. The zero-order valence-electron chi connectivity index (χ0n) is 17.2. The van der Waals surface area contributed by atoms with Crippen molar-refractivity contribution in [3.63, 3.8) is 0 Å². The lowest BCUT2D eigenvalue weighted by Crippen LogP contribution is -2.27. The van der Waals surface area contributed by atoms with E-state index in [4.69, 9.17) is 20.9 Å². The van der Waals surface area contributed by atoms with Gasteiger partial charge in [-0.3, -0.25) is 24.3 Å². The van der Waals surface area contributed by atoms with Crippen LogP contribution in [0, 0.1) is 0 Å². The summed E-state index contributed by atoms with van der Waals surface area (Å²) in [6.07, 6.45) is 4.18. The first-order chi connectivity index (χ1) is 15.4. The Morgan fingerprint density at radius 2 is 1.97 bits per heavy atom. The molecule has 0 bridgehead atoms. The summed E-state index contributed by atoms with van der Waals surface area (Å²) in [4.78, 5) is 49.1. The largest absolute Gasteiger partial charge is 0.491 e. The summed E-state index contributed by atoms with van der Waals surface area (Å²) in [7, 11) is 1.41. The molecule has 12 nitrogen and oxygen atoms in total. The van der Waals surface area contributed by atoms with E-state index in [0.29, 0.717) is 11.1 Å². The number of fused-ring (bicyclic) bond motifs is 1. The van der Waals surface area contributed by atoms with Gasteiger partial charge in [-0.15, -0.1) is 0 Å². The molecule has 2 aromatic heterocycles. The molecule has 0 unspecified atom stereocenters. The molecule has 1 aliphatic rings. The van der Waals surface area contributed by atoms with Crippen molar-refractivity contribution in [2.45, 2.75) is 25.3 Å². The molecule has 1 fully saturated rings. The third-order valence-corrected chi connectivity index (χ3v) is 4.87. The molecule has 0 saturated heterocycles. The van der Waals surface area contributed by atoms with Crippen LogP contribution >= 0.6 is 0 Å². The van der Waals surface area contributed by atoms with Gasteiger partial charge in [-0.1, -0.05) is 0 Å². The number of aromatic nitrogens is 4. The second-order valence-electron chi connectivity index (χ2n) is 7.18. The fourth-order valence-corrected chi connectivity index (χ4v) is 3.18. The molecular formula is C20H21N7O5. The number of anilines is 2. The molecule has 2 heterocycles. The number of nitrogens with zero attached hydrogens (tertiary/aromatic N) is 4. The number of hydrogen-bond acceptors (Lipinski definition) is 9. The molecule has 2 amide bonds. The van der Waals surface area contributed by atoms with Crippen molar-refractivity contribution >= 4 is 34.6 Å². The van der Waals surface area contributed by atoms with Gasteiger partial charge in [-0.25, -0.2) is 15.0 Å². The third-order valence-electron chi connectivity index (χ3n) is 4.87. The first-order valence-corrected chi connectivity index (χ1v) is 9.82. The lowest BCUT2D eigenvalue weighted by molar-refractivity contribution is -0.118. The maximum atomic E-state index is 13.2. The molecule has 4 rings (SSSR count). The molecule has 166 valence electrons. The maximum Gasteiger partial charge on any atom is 0.263 e. The van der Waals surface area contributed by atoms with Crippen LogP contribution in [0.4, 0.5) is 11.9 Å². The van der Waals surface area contributed by atoms with Crippen molar-refractivity contribution in [3.05, 3.63) is 40.4 Å². The molecule has 0 radical (unpaired) electrons. The van der Waals surface area contributed by atoms with E-state index in [1.165, 1.54) is 24.1 Å². The summed E-state index contributed by atoms with van der Waals surface area (Å²) in [6, 6.07) is 3.09. The molecule has 1 aliphatic carbocycles. The molecule has 0 atom stereocenters. The van der Waals surface area contributed by atoms with Crippen molar-refractivity contribution in [1.82, 2.24) is 19.5 Å². The molecule has 32 heavy (non-hydrogen) atoms. The van der Waals surface area contributed by atoms with Crippen molar-refractivity contribution < 1.29 is 19.1 Å². The number of nitrogens with one attached hydrogen (secondary N) is 1. The van der Waals surface area contributed by atoms with Gasteiger partial charge in [0.25, 0.3) is 11.5 Å². The second kappa shape index (κ2) is 8.49. The van der Waals surface area contributed by atoms with Gasteiger partial charge in [0.05, 0.1) is 31.1 Å². The minimum Gasteiger partial charge on any atom is -0.491 e. The summed E-state index contributed by atoms with van der Waals surface area (Å²) >= 11 is 0. The van der Waals surface area contributed by atoms with E-state index in [-0.39, 0.29) is 53.4 Å². The predicted molar refractivity (Wildman–Crippen MR) is 115 cm³/mol. The van der Waals surface area contributed by atoms with Gasteiger partial charge in [-0.2, -0.15) is 0 Å². The highest BCUT2D eigenvalue weighted by Crippen LogP contribution is 2.38. The average Bonchev–Trinajstić information content (AvgIpc) is 3.59. The van der Waals surface area contributed by atoms with Crippen LogP contribution in [-0.4, -0.2) is 45.1 Å². The van der Waals surface area contributed by atoms with Crippen molar-refractivity contribution in [1.29, 1.82) is 0 Å². The van der Waals surface area contributed by atoms with Gasteiger partial charge >= 0.3 is 0 Å². The van der Waals surface area contributed by atoms with Gasteiger partial charge in [0.2, 0.25) is 17.8 Å². The van der Waals surface area contributed by atoms with E-state index in [0.717, 1.165) is 12.8 Å². The van der Waals surface area contributed by atoms with E-state index >= 15 is 0 Å². The van der Waals surface area contributed by atoms with Gasteiger partial charge in [0.1, 0.15) is 5.52 Å². The van der Waals surface area contributed by atoms with Crippen molar-refractivity contribution in [2.24, 2.45) is 5.73 Å². The second-order valence-corrected chi connectivity index (χ2v) is 7.18. The van der Waals surface area contributed by atoms with E-state index < -0.39 is 11.8 Å². The lowest BCUT2D eigenvalue weighted by atomic mass is 10.2. The maximum absolute atomic E-state index is 13.2. The number of carbonyl (C=O) groups is 2. The van der Waals surface area contributed by atoms with Crippen LogP contribution < -0.4 is 31.8 Å². The fourth-order valence-electron chi connectivity index (χ4n) is 3.18. The molecule has 1 aromatic carbocycles. The summed E-state index contributed by atoms with van der Waals surface area (Å²) < 4.78 is 12.5. The van der Waals surface area contributed by atoms with Crippen LogP contribution in [0.5, 0.6) is 11.5 Å². The van der Waals surface area contributed by atoms with Crippen molar-refractivity contribution in [3.8, 4) is 11.5 Å². The Morgan fingerprint density at radius 1 is 1.25 bits per heavy atom. The number of carbonyl (C=O) groups excluding carboxylic acids is 2. The smallest absolute Gasteiger partial charge is 0.263 e. The molecule has 0 aliphatic heterocycles. The summed E-state index contributed by atoms with van der Waals surface area (Å²) in [5.41, 5.74) is 10.7. The number of amides is 2. The van der Waals surface area contributed by atoms with E-state index in [1.807, 2.05) is 0 Å². The highest BCUT2D eigenvalue weighted by atomic mass is 16.5. The number of primary amides is 1. The Labute approximate surface area is 181 Å². The quantitative estimate of drug-likeness (QED) is 0.454. The van der Waals surface area contributed by atoms with Crippen LogP contribution in [0.3, 0.4) is 0 Å². The minimum atomic E-state index is -0.543. The molecule has 3 aromatic rings. The third kappa shape index (κ3) is 4.15. The standard InChI is InChI=1S/C20H21N7O5/c1-31-16-13(32-7-6-14(21)28)5-4-12-15(16)25-20(27(18(12)30)11-2-3-11)26-17(29)10-8-23-19(22)24-9-10/h4-5,8-9,11H,2-3,6-7H2,1H3,(H2,21,28)(H2,22,23,24)(H,25,26,29). The number of ether oxygens (including phenoxy) is 2. The van der Waals surface area contributed by atoms with Gasteiger partial charge in [-0.05, 0) is 25.0 Å². The van der Waals surface area contributed by atoms with Crippen molar-refractivity contribution in [2.75, 3.05) is 24.8 Å². The number of methoxy groups -OCH3 is 1. The minimum absolute atomic E-state index is 0.0167. The van der Waals surface area contributed by atoms with Crippen LogP contribution in [0.25, 0.3) is 10.9 Å². The van der Waals surface area contributed by atoms with Crippen LogP contribution in [0.2, 0.25) is 0 Å². The summed E-state index contributed by atoms with van der Waals surface area (Å²) in [5, 5.41) is 2.97. The SMILES string of the molecule is COc1c(OCCC(N)=O)ccc2c(=O)n(C3CC3)c(NC(=O)c3cnc(N)nc3)nc12. The van der Waals surface area contributed by atoms with Crippen LogP contribution in [0.1, 0.15) is 35.7 Å². The average molecular weight is 439 g/mol. The topological polar surface area (TPSA) is 177 Å². The lowest BCUT2D eigenvalue weighted by Gasteiger charge is -2.16. The van der Waals surface area contributed by atoms with E-state index in [1.54, 1.807) is 12.1 Å². The Bertz CT molecular complexity index is 1250. The van der Waals surface area contributed by atoms with E-state index in [2.05, 4.69) is 20.3 Å². The van der Waals surface area contributed by atoms with Gasteiger partial charge in [0, 0.05) is 18.4 Å². The highest BCUT2D eigenvalue weighted by molar-refractivity contribution is 6.03. The normalized spacial score (nSPS) is 13.0. The number of nitrogens with two attached hydrogens (primary N) is 2. The number of rotatable bonds is 8. The Morgan fingerprint density at radius 3 is 2.59 bits per heavy atom. The van der Waals surface area contributed by atoms with Crippen LogP contribution in [0.15, 0.2) is 29.3 Å². The monoisotopic (exact) mass is 439 g/mol. The molecular weight excluding hydrogens is 418 g/mol. The molecule has 0 spiro atoms. The number of hydrogen-bond donors (Lipinski definition) is 3. The number of nitrogen functional groups attached to an aromatic ring is 1. The van der Waals surface area contributed by atoms with Crippen LogP contribution in [-0.2, 0) is 4.79 Å². The Balaban J connectivity index is 1.77. The predicted octanol–water partition coefficient (Wildman–Crippen LogP) is 0.619. The highest BCUT2D eigenvalue weighted by Gasteiger charge is 2.30. The first kappa shape index (κ1) is 21.0. The Kier molecular flexibility index (Phi) is 5.58. The molecule has 5 N–H and O–H groups in total. The molecule has 1 saturated carbocycles. The zero-order valence-corrected chi connectivity index (χ0v) is 17.2. The fraction of sp³-hybridized carbons (Fsp3) is 0.300. The summed E-state index contributed by atoms with van der Waals surface area (Å²) in [5.74, 6) is -0.446. The molecule has 12 heteroatoms. The Hall–Kier alpha value is -4.22. The zero-order chi connectivity index (χ0) is 22.8. The first-order valence-electron chi connectivity index (χ1n) is 9.82.